The van der Waals surface area contributed by atoms with E-state index in [1.54, 1.807) is 9.80 Å². The zero-order valence-electron chi connectivity index (χ0n) is 20.1. The average molecular weight is 449 g/mol. The molecule has 0 saturated carbocycles. The molecule has 2 amide bonds. The number of rotatable bonds is 5. The molecular weight excluding hydrogens is 412 g/mol. The number of carbonyl (C=O) groups is 3. The molecule has 0 N–H and O–H groups in total. The molecule has 0 bridgehead atoms. The van der Waals surface area contributed by atoms with E-state index in [2.05, 4.69) is 0 Å². The Morgan fingerprint density at radius 3 is 2.12 bits per heavy atom. The van der Waals surface area contributed by atoms with Crippen molar-refractivity contribution in [2.45, 2.75) is 78.2 Å². The summed E-state index contributed by atoms with van der Waals surface area (Å²) in [7, 11) is 0. The van der Waals surface area contributed by atoms with E-state index in [1.165, 1.54) is 0 Å². The monoisotopic (exact) mass is 448 g/mol. The Bertz CT molecular complexity index is 782. The quantitative estimate of drug-likeness (QED) is 0.491. The molecule has 2 rings (SSSR count). The van der Waals surface area contributed by atoms with E-state index in [0.717, 1.165) is 5.56 Å². The summed E-state index contributed by atoms with van der Waals surface area (Å²) in [6.45, 7) is 11.9. The lowest BCUT2D eigenvalue weighted by Gasteiger charge is -2.41. The van der Waals surface area contributed by atoms with Crippen LogP contribution < -0.4 is 0 Å². The van der Waals surface area contributed by atoms with Crippen molar-refractivity contribution in [3.8, 4) is 0 Å². The van der Waals surface area contributed by atoms with Gasteiger partial charge in [0, 0.05) is 26.1 Å². The lowest BCUT2D eigenvalue weighted by molar-refractivity contribution is -0.155. The summed E-state index contributed by atoms with van der Waals surface area (Å²) in [6, 6.07) is 9.04. The topological polar surface area (TPSA) is 85.4 Å². The molecule has 1 aromatic carbocycles. The van der Waals surface area contributed by atoms with Gasteiger partial charge in [0.05, 0.1) is 6.04 Å². The van der Waals surface area contributed by atoms with Crippen LogP contribution in [0.5, 0.6) is 0 Å². The van der Waals surface area contributed by atoms with Crippen LogP contribution >= 0.6 is 0 Å². The van der Waals surface area contributed by atoms with Gasteiger partial charge in [-0.3, -0.25) is 4.79 Å². The van der Waals surface area contributed by atoms with E-state index in [-0.39, 0.29) is 31.6 Å². The molecule has 0 aromatic heterocycles. The van der Waals surface area contributed by atoms with E-state index in [9.17, 15) is 14.4 Å². The lowest BCUT2D eigenvalue weighted by Crippen LogP contribution is -2.57. The second kappa shape index (κ2) is 10.7. The summed E-state index contributed by atoms with van der Waals surface area (Å²) >= 11 is 0. The van der Waals surface area contributed by atoms with Crippen LogP contribution in [-0.4, -0.2) is 64.8 Å². The molecule has 1 aliphatic rings. The first-order valence-electron chi connectivity index (χ1n) is 11.0. The van der Waals surface area contributed by atoms with Gasteiger partial charge in [-0.25, -0.2) is 9.59 Å². The second-order valence-electron chi connectivity index (χ2n) is 9.94. The molecule has 1 heterocycles. The van der Waals surface area contributed by atoms with Gasteiger partial charge in [0.15, 0.2) is 0 Å². The average Bonchev–Trinajstić information content (AvgIpc) is 2.68. The fourth-order valence-electron chi connectivity index (χ4n) is 3.31. The molecule has 178 valence electrons. The minimum atomic E-state index is -0.616. The number of ether oxygens (including phenoxy) is 3. The van der Waals surface area contributed by atoms with Gasteiger partial charge in [-0.15, -0.1) is 0 Å². The first-order valence-corrected chi connectivity index (χ1v) is 11.0. The van der Waals surface area contributed by atoms with Gasteiger partial charge in [0.1, 0.15) is 17.8 Å². The summed E-state index contributed by atoms with van der Waals surface area (Å²) in [6.07, 6.45) is -0.412. The fourth-order valence-corrected chi connectivity index (χ4v) is 3.31. The normalized spacial score (nSPS) is 17.0. The van der Waals surface area contributed by atoms with Crippen LogP contribution in [0, 0.1) is 0 Å². The van der Waals surface area contributed by atoms with Gasteiger partial charge in [-0.1, -0.05) is 30.3 Å². The van der Waals surface area contributed by atoms with Crippen LogP contribution in [0.4, 0.5) is 9.59 Å². The highest BCUT2D eigenvalue weighted by atomic mass is 16.6. The van der Waals surface area contributed by atoms with Crippen molar-refractivity contribution >= 4 is 18.2 Å². The zero-order valence-corrected chi connectivity index (χ0v) is 20.1. The molecule has 0 aliphatic carbocycles. The van der Waals surface area contributed by atoms with Gasteiger partial charge < -0.3 is 24.0 Å². The van der Waals surface area contributed by atoms with Gasteiger partial charge in [0.2, 0.25) is 0 Å². The SMILES string of the molecule is CC(C)(C)OC(=O)CC[C@@H]1CN(C(=O)OC(C)(C)C)CCN1C(=O)OCc1ccccc1. The van der Waals surface area contributed by atoms with Crippen molar-refractivity contribution in [2.24, 2.45) is 0 Å². The Morgan fingerprint density at radius 2 is 1.53 bits per heavy atom. The second-order valence-corrected chi connectivity index (χ2v) is 9.94. The summed E-state index contributed by atoms with van der Waals surface area (Å²) < 4.78 is 16.4. The van der Waals surface area contributed by atoms with Crippen LogP contribution in [0.1, 0.15) is 59.9 Å². The Morgan fingerprint density at radius 1 is 0.906 bits per heavy atom. The van der Waals surface area contributed by atoms with E-state index < -0.39 is 23.4 Å². The van der Waals surface area contributed by atoms with E-state index in [4.69, 9.17) is 14.2 Å². The number of piperazine rings is 1. The zero-order chi connectivity index (χ0) is 23.9. The van der Waals surface area contributed by atoms with Crippen LogP contribution in [0.15, 0.2) is 30.3 Å². The summed E-state index contributed by atoms with van der Waals surface area (Å²) in [5.74, 6) is -0.343. The van der Waals surface area contributed by atoms with Crippen LogP contribution in [0.25, 0.3) is 0 Å². The maximum absolute atomic E-state index is 12.8. The minimum Gasteiger partial charge on any atom is -0.460 e. The highest BCUT2D eigenvalue weighted by Gasteiger charge is 2.35. The van der Waals surface area contributed by atoms with Crippen molar-refractivity contribution in [3.05, 3.63) is 35.9 Å². The summed E-state index contributed by atoms with van der Waals surface area (Å²) in [5, 5.41) is 0. The van der Waals surface area contributed by atoms with Gasteiger partial charge >= 0.3 is 18.2 Å². The molecule has 0 radical (unpaired) electrons. The summed E-state index contributed by atoms with van der Waals surface area (Å²) in [5.41, 5.74) is -0.312. The maximum Gasteiger partial charge on any atom is 0.410 e. The molecule has 8 heteroatoms. The molecule has 32 heavy (non-hydrogen) atoms. The first kappa shape index (κ1) is 25.5. The number of hydrogen-bond acceptors (Lipinski definition) is 6. The highest BCUT2D eigenvalue weighted by molar-refractivity contribution is 5.72. The van der Waals surface area contributed by atoms with E-state index in [0.29, 0.717) is 19.5 Å². The minimum absolute atomic E-state index is 0.132. The first-order chi connectivity index (χ1) is 14.8. The molecular formula is C24H36N2O6. The number of nitrogens with zero attached hydrogens (tertiary/aromatic N) is 2. The molecule has 1 aromatic rings. The molecule has 0 spiro atoms. The predicted octanol–water partition coefficient (Wildman–Crippen LogP) is 4.37. The van der Waals surface area contributed by atoms with Crippen molar-refractivity contribution in [2.75, 3.05) is 19.6 Å². The third kappa shape index (κ3) is 8.77. The Kier molecular flexibility index (Phi) is 8.52. The smallest absolute Gasteiger partial charge is 0.410 e. The molecule has 1 saturated heterocycles. The van der Waals surface area contributed by atoms with Crippen LogP contribution in [0.2, 0.25) is 0 Å². The lowest BCUT2D eigenvalue weighted by atomic mass is 10.1. The number of benzene rings is 1. The van der Waals surface area contributed by atoms with Crippen molar-refractivity contribution in [3.63, 3.8) is 0 Å². The number of carbonyl (C=O) groups excluding carboxylic acids is 3. The van der Waals surface area contributed by atoms with Crippen LogP contribution in [-0.2, 0) is 25.6 Å². The fraction of sp³-hybridized carbons (Fsp3) is 0.625. The number of esters is 1. The van der Waals surface area contributed by atoms with Gasteiger partial charge in [-0.05, 0) is 53.5 Å². The van der Waals surface area contributed by atoms with Gasteiger partial charge in [0.25, 0.3) is 0 Å². The van der Waals surface area contributed by atoms with E-state index >= 15 is 0 Å². The third-order valence-electron chi connectivity index (χ3n) is 4.68. The standard InChI is InChI=1S/C24H36N2O6/c1-23(2,3)31-20(27)13-12-19-16-25(21(28)32-24(4,5)6)14-15-26(19)22(29)30-17-18-10-8-7-9-11-18/h7-11,19H,12-17H2,1-6H3/t19-/m1/s1. The van der Waals surface area contributed by atoms with Crippen LogP contribution in [0.3, 0.4) is 0 Å². The maximum atomic E-state index is 12.8. The Hall–Kier alpha value is -2.77. The van der Waals surface area contributed by atoms with Crippen molar-refractivity contribution in [1.82, 2.24) is 9.80 Å². The number of hydrogen-bond donors (Lipinski definition) is 0. The number of amides is 2. The Labute approximate surface area is 190 Å². The van der Waals surface area contributed by atoms with Crippen molar-refractivity contribution in [1.29, 1.82) is 0 Å². The summed E-state index contributed by atoms with van der Waals surface area (Å²) in [4.78, 5) is 40.8. The molecule has 8 nitrogen and oxygen atoms in total. The predicted molar refractivity (Wildman–Crippen MR) is 120 cm³/mol. The molecule has 0 unspecified atom stereocenters. The largest absolute Gasteiger partial charge is 0.460 e. The van der Waals surface area contributed by atoms with E-state index in [1.807, 2.05) is 71.9 Å². The molecule has 1 fully saturated rings. The van der Waals surface area contributed by atoms with Crippen molar-refractivity contribution < 1.29 is 28.6 Å². The molecule has 1 atom stereocenters. The van der Waals surface area contributed by atoms with Gasteiger partial charge in [-0.2, -0.15) is 0 Å². The Balaban J connectivity index is 2.04. The third-order valence-corrected chi connectivity index (χ3v) is 4.68. The molecule has 1 aliphatic heterocycles. The highest BCUT2D eigenvalue weighted by Crippen LogP contribution is 2.20.